The van der Waals surface area contributed by atoms with Gasteiger partial charge in [-0.1, -0.05) is 42.5 Å². The number of pyridine rings is 1. The maximum Gasteiger partial charge on any atom is 0.416 e. The lowest BCUT2D eigenvalue weighted by Crippen LogP contribution is -2.52. The first kappa shape index (κ1) is 23.0. The van der Waals surface area contributed by atoms with E-state index in [1.54, 1.807) is 12.3 Å². The SMILES string of the molecule is Cc1cc(N2CCN(c3cccc(C(F)(F)F)c3)CC2C)c(-c2ccccc2)n1-c1ccccn1. The van der Waals surface area contributed by atoms with E-state index >= 15 is 0 Å². The van der Waals surface area contributed by atoms with Crippen molar-refractivity contribution < 1.29 is 13.2 Å². The molecule has 5 rings (SSSR count). The third-order valence-electron chi connectivity index (χ3n) is 6.57. The molecule has 0 aliphatic carbocycles. The van der Waals surface area contributed by atoms with E-state index in [0.717, 1.165) is 34.5 Å². The van der Waals surface area contributed by atoms with Gasteiger partial charge in [-0.15, -0.1) is 0 Å². The number of alkyl halides is 3. The van der Waals surface area contributed by atoms with Gasteiger partial charge in [0.25, 0.3) is 0 Å². The maximum atomic E-state index is 13.2. The zero-order valence-corrected chi connectivity index (χ0v) is 19.7. The van der Waals surface area contributed by atoms with Gasteiger partial charge in [0.1, 0.15) is 5.82 Å². The minimum Gasteiger partial charge on any atom is -0.368 e. The van der Waals surface area contributed by atoms with Crippen LogP contribution in [0.1, 0.15) is 18.2 Å². The van der Waals surface area contributed by atoms with Gasteiger partial charge < -0.3 is 9.80 Å². The van der Waals surface area contributed by atoms with Crippen LogP contribution < -0.4 is 9.80 Å². The monoisotopic (exact) mass is 476 g/mol. The Balaban J connectivity index is 1.50. The van der Waals surface area contributed by atoms with Gasteiger partial charge in [-0.3, -0.25) is 4.57 Å². The van der Waals surface area contributed by atoms with E-state index < -0.39 is 11.7 Å². The van der Waals surface area contributed by atoms with E-state index in [0.29, 0.717) is 25.3 Å². The third-order valence-corrected chi connectivity index (χ3v) is 6.57. The molecule has 35 heavy (non-hydrogen) atoms. The Kier molecular flexibility index (Phi) is 6.01. The largest absolute Gasteiger partial charge is 0.416 e. The molecule has 0 spiro atoms. The molecule has 1 fully saturated rings. The van der Waals surface area contributed by atoms with E-state index in [1.165, 1.54) is 12.1 Å². The van der Waals surface area contributed by atoms with Crippen LogP contribution in [0.15, 0.2) is 85.1 Å². The first-order valence-corrected chi connectivity index (χ1v) is 11.7. The lowest BCUT2D eigenvalue weighted by Gasteiger charge is -2.42. The predicted octanol–water partition coefficient (Wildman–Crippen LogP) is 6.58. The molecule has 1 atom stereocenters. The summed E-state index contributed by atoms with van der Waals surface area (Å²) < 4.78 is 41.9. The molecule has 2 aromatic heterocycles. The van der Waals surface area contributed by atoms with Crippen LogP contribution in [0.25, 0.3) is 17.1 Å². The molecule has 1 aliphatic heterocycles. The molecule has 2 aromatic carbocycles. The predicted molar refractivity (Wildman–Crippen MR) is 134 cm³/mol. The van der Waals surface area contributed by atoms with E-state index in [1.807, 2.05) is 41.3 Å². The van der Waals surface area contributed by atoms with Crippen molar-refractivity contribution in [2.45, 2.75) is 26.1 Å². The van der Waals surface area contributed by atoms with Crippen LogP contribution in [0.4, 0.5) is 24.5 Å². The smallest absolute Gasteiger partial charge is 0.368 e. The number of anilines is 2. The van der Waals surface area contributed by atoms with E-state index in [-0.39, 0.29) is 6.04 Å². The Morgan fingerprint density at radius 1 is 0.886 bits per heavy atom. The number of aryl methyl sites for hydroxylation is 1. The number of hydrogen-bond acceptors (Lipinski definition) is 3. The molecule has 0 saturated carbocycles. The number of rotatable bonds is 4. The fourth-order valence-electron chi connectivity index (χ4n) is 4.92. The normalized spacial score (nSPS) is 16.5. The Bertz CT molecular complexity index is 1300. The molecule has 7 heteroatoms. The quantitative estimate of drug-likeness (QED) is 0.332. The van der Waals surface area contributed by atoms with Gasteiger partial charge in [0.05, 0.1) is 16.9 Å². The van der Waals surface area contributed by atoms with Gasteiger partial charge in [0.15, 0.2) is 0 Å². The number of benzene rings is 2. The van der Waals surface area contributed by atoms with Gasteiger partial charge in [0.2, 0.25) is 0 Å². The number of nitrogens with zero attached hydrogens (tertiary/aromatic N) is 4. The second kappa shape index (κ2) is 9.13. The molecule has 180 valence electrons. The zero-order chi connectivity index (χ0) is 24.6. The van der Waals surface area contributed by atoms with Crippen molar-refractivity contribution in [3.63, 3.8) is 0 Å². The van der Waals surface area contributed by atoms with Crippen molar-refractivity contribution in [2.24, 2.45) is 0 Å². The summed E-state index contributed by atoms with van der Waals surface area (Å²) in [7, 11) is 0. The highest BCUT2D eigenvalue weighted by Gasteiger charge is 2.32. The van der Waals surface area contributed by atoms with Crippen molar-refractivity contribution in [2.75, 3.05) is 29.4 Å². The molecular formula is C28H27F3N4. The Hall–Kier alpha value is -3.74. The Morgan fingerprint density at radius 3 is 2.34 bits per heavy atom. The Morgan fingerprint density at radius 2 is 1.66 bits per heavy atom. The van der Waals surface area contributed by atoms with Gasteiger partial charge in [-0.2, -0.15) is 13.2 Å². The second-order valence-corrected chi connectivity index (χ2v) is 8.95. The van der Waals surface area contributed by atoms with Crippen molar-refractivity contribution in [3.8, 4) is 17.1 Å². The number of hydrogen-bond donors (Lipinski definition) is 0. The molecule has 0 radical (unpaired) electrons. The van der Waals surface area contributed by atoms with Gasteiger partial charge >= 0.3 is 6.18 Å². The maximum absolute atomic E-state index is 13.2. The molecule has 1 aliphatic rings. The highest BCUT2D eigenvalue weighted by molar-refractivity contribution is 5.79. The Labute approximate surface area is 203 Å². The van der Waals surface area contributed by atoms with Crippen molar-refractivity contribution in [3.05, 3.63) is 96.3 Å². The molecule has 1 saturated heterocycles. The molecule has 4 nitrogen and oxygen atoms in total. The second-order valence-electron chi connectivity index (χ2n) is 8.95. The van der Waals surface area contributed by atoms with E-state index in [4.69, 9.17) is 0 Å². The summed E-state index contributed by atoms with van der Waals surface area (Å²) in [5.74, 6) is 0.852. The average molecular weight is 477 g/mol. The molecule has 3 heterocycles. The van der Waals surface area contributed by atoms with Crippen LogP contribution in [0.3, 0.4) is 0 Å². The molecule has 0 amide bonds. The topological polar surface area (TPSA) is 24.3 Å². The standard InChI is InChI=1S/C28H27F3N4/c1-20-17-25(27(22-9-4-3-5-10-22)35(20)26-13-6-7-14-32-26)34-16-15-33(19-21(34)2)24-12-8-11-23(18-24)28(29,30)31/h3-14,17-18,21H,15-16,19H2,1-2H3. The molecule has 0 bridgehead atoms. The molecule has 1 unspecified atom stereocenters. The minimum atomic E-state index is -4.35. The first-order valence-electron chi connectivity index (χ1n) is 11.7. The summed E-state index contributed by atoms with van der Waals surface area (Å²) in [6, 6.07) is 24.0. The summed E-state index contributed by atoms with van der Waals surface area (Å²) in [4.78, 5) is 9.00. The van der Waals surface area contributed by atoms with Crippen molar-refractivity contribution in [1.29, 1.82) is 0 Å². The summed E-state index contributed by atoms with van der Waals surface area (Å²) in [6.45, 7) is 6.16. The van der Waals surface area contributed by atoms with Crippen LogP contribution in [-0.4, -0.2) is 35.2 Å². The molecule has 4 aromatic rings. The fourth-order valence-corrected chi connectivity index (χ4v) is 4.92. The summed E-state index contributed by atoms with van der Waals surface area (Å²) in [5.41, 5.74) is 4.34. The summed E-state index contributed by atoms with van der Waals surface area (Å²) in [5, 5.41) is 0. The zero-order valence-electron chi connectivity index (χ0n) is 19.7. The van der Waals surface area contributed by atoms with Gasteiger partial charge in [-0.05, 0) is 50.2 Å². The first-order chi connectivity index (χ1) is 16.8. The van der Waals surface area contributed by atoms with E-state index in [9.17, 15) is 13.2 Å². The van der Waals surface area contributed by atoms with Gasteiger partial charge in [-0.25, -0.2) is 4.98 Å². The fraction of sp³-hybridized carbons (Fsp3) is 0.250. The van der Waals surface area contributed by atoms with Crippen LogP contribution in [0.5, 0.6) is 0 Å². The highest BCUT2D eigenvalue weighted by Crippen LogP contribution is 2.39. The minimum absolute atomic E-state index is 0.0970. The number of halogens is 3. The molecule has 0 N–H and O–H groups in total. The van der Waals surface area contributed by atoms with Crippen LogP contribution in [0.2, 0.25) is 0 Å². The highest BCUT2D eigenvalue weighted by atomic mass is 19.4. The average Bonchev–Trinajstić information content (AvgIpc) is 3.21. The summed E-state index contributed by atoms with van der Waals surface area (Å²) in [6.07, 6.45) is -2.56. The number of piperazine rings is 1. The lowest BCUT2D eigenvalue weighted by atomic mass is 10.1. The van der Waals surface area contributed by atoms with Crippen LogP contribution in [0, 0.1) is 6.92 Å². The summed E-state index contributed by atoms with van der Waals surface area (Å²) >= 11 is 0. The lowest BCUT2D eigenvalue weighted by molar-refractivity contribution is -0.137. The third kappa shape index (κ3) is 4.50. The van der Waals surface area contributed by atoms with E-state index in [2.05, 4.69) is 46.5 Å². The number of aromatic nitrogens is 2. The van der Waals surface area contributed by atoms with Crippen molar-refractivity contribution in [1.82, 2.24) is 9.55 Å². The van der Waals surface area contributed by atoms with Crippen LogP contribution in [-0.2, 0) is 6.18 Å². The molecular weight excluding hydrogens is 449 g/mol. The van der Waals surface area contributed by atoms with Crippen molar-refractivity contribution >= 4 is 11.4 Å². The van der Waals surface area contributed by atoms with Gasteiger partial charge in [0, 0.05) is 48.8 Å². The van der Waals surface area contributed by atoms with Crippen LogP contribution >= 0.6 is 0 Å².